The molecular formula is C14H19NO. The zero-order chi connectivity index (χ0) is 11.6. The molecule has 2 nitrogen and oxygen atoms in total. The van der Waals surface area contributed by atoms with E-state index >= 15 is 0 Å². The van der Waals surface area contributed by atoms with Crippen LogP contribution in [0.1, 0.15) is 35.7 Å². The van der Waals surface area contributed by atoms with Crippen molar-refractivity contribution in [2.45, 2.75) is 26.7 Å². The molecule has 1 N–H and O–H groups in total. The Kier molecular flexibility index (Phi) is 3.10. The lowest BCUT2D eigenvalue weighted by molar-refractivity contribution is 0.0773. The first kappa shape index (κ1) is 11.3. The maximum Gasteiger partial charge on any atom is 0.169 e. The third kappa shape index (κ3) is 2.17. The van der Waals surface area contributed by atoms with Crippen molar-refractivity contribution in [3.8, 4) is 0 Å². The van der Waals surface area contributed by atoms with Gasteiger partial charge in [-0.2, -0.15) is 0 Å². The number of rotatable bonds is 2. The van der Waals surface area contributed by atoms with E-state index in [9.17, 15) is 4.79 Å². The van der Waals surface area contributed by atoms with Gasteiger partial charge in [0.1, 0.15) is 0 Å². The molecule has 1 saturated heterocycles. The zero-order valence-corrected chi connectivity index (χ0v) is 10.0. The van der Waals surface area contributed by atoms with E-state index in [2.05, 4.69) is 12.2 Å². The number of hydrogen-bond acceptors (Lipinski definition) is 2. The van der Waals surface area contributed by atoms with Gasteiger partial charge in [0.2, 0.25) is 0 Å². The Morgan fingerprint density at radius 3 is 2.56 bits per heavy atom. The molecule has 2 rings (SSSR count). The molecule has 0 amide bonds. The molecule has 1 fully saturated rings. The Hall–Kier alpha value is -1.15. The second-order valence-electron chi connectivity index (χ2n) is 5.04. The molecule has 0 bridgehead atoms. The van der Waals surface area contributed by atoms with Crippen molar-refractivity contribution >= 4 is 5.78 Å². The second kappa shape index (κ2) is 4.38. The van der Waals surface area contributed by atoms with Gasteiger partial charge >= 0.3 is 0 Å². The minimum atomic E-state index is -0.215. The summed E-state index contributed by atoms with van der Waals surface area (Å²) in [6.07, 6.45) is 2.08. The van der Waals surface area contributed by atoms with Crippen LogP contribution in [0.5, 0.6) is 0 Å². The van der Waals surface area contributed by atoms with E-state index < -0.39 is 0 Å². The average molecular weight is 217 g/mol. The fourth-order valence-corrected chi connectivity index (χ4v) is 2.30. The Morgan fingerprint density at radius 1 is 1.31 bits per heavy atom. The Labute approximate surface area is 97.1 Å². The summed E-state index contributed by atoms with van der Waals surface area (Å²) in [6, 6.07) is 7.90. The first-order valence-electron chi connectivity index (χ1n) is 5.94. The molecule has 2 heteroatoms. The molecule has 0 spiro atoms. The fraction of sp³-hybridized carbons (Fsp3) is 0.500. The summed E-state index contributed by atoms with van der Waals surface area (Å²) in [5, 5.41) is 3.32. The van der Waals surface area contributed by atoms with Crippen LogP contribution in [0.3, 0.4) is 0 Å². The third-order valence-corrected chi connectivity index (χ3v) is 3.46. The van der Waals surface area contributed by atoms with E-state index in [4.69, 9.17) is 0 Å². The lowest BCUT2D eigenvalue weighted by Gasteiger charge is -2.32. The van der Waals surface area contributed by atoms with Gasteiger partial charge in [-0.05, 0) is 26.3 Å². The van der Waals surface area contributed by atoms with Crippen LogP contribution < -0.4 is 5.32 Å². The highest BCUT2D eigenvalue weighted by Gasteiger charge is 2.34. The monoisotopic (exact) mass is 217 g/mol. The summed E-state index contributed by atoms with van der Waals surface area (Å²) < 4.78 is 0. The van der Waals surface area contributed by atoms with Gasteiger partial charge in [-0.1, -0.05) is 36.8 Å². The van der Waals surface area contributed by atoms with Gasteiger partial charge in [0.15, 0.2) is 5.78 Å². The standard InChI is InChI=1S/C14H19NO/c1-11-4-6-12(7-5-11)13(16)14(2)8-3-9-15-10-14/h4-7,15H,3,8-10H2,1-2H3. The van der Waals surface area contributed by atoms with Gasteiger partial charge in [0.05, 0.1) is 0 Å². The lowest BCUT2D eigenvalue weighted by atomic mass is 9.76. The van der Waals surface area contributed by atoms with Crippen LogP contribution >= 0.6 is 0 Å². The lowest BCUT2D eigenvalue weighted by Crippen LogP contribution is -2.43. The molecule has 1 unspecified atom stereocenters. The molecule has 1 heterocycles. The highest BCUT2D eigenvalue weighted by Crippen LogP contribution is 2.29. The topological polar surface area (TPSA) is 29.1 Å². The van der Waals surface area contributed by atoms with E-state index in [0.29, 0.717) is 0 Å². The summed E-state index contributed by atoms with van der Waals surface area (Å²) in [5.74, 6) is 0.278. The number of aryl methyl sites for hydroxylation is 1. The minimum absolute atomic E-state index is 0.215. The molecule has 16 heavy (non-hydrogen) atoms. The van der Waals surface area contributed by atoms with Crippen molar-refractivity contribution < 1.29 is 4.79 Å². The van der Waals surface area contributed by atoms with Crippen LogP contribution in [-0.2, 0) is 0 Å². The molecular weight excluding hydrogens is 198 g/mol. The molecule has 0 aromatic heterocycles. The van der Waals surface area contributed by atoms with Gasteiger partial charge < -0.3 is 5.32 Å². The van der Waals surface area contributed by atoms with Crippen molar-refractivity contribution in [3.63, 3.8) is 0 Å². The van der Waals surface area contributed by atoms with Crippen molar-refractivity contribution in [1.29, 1.82) is 0 Å². The summed E-state index contributed by atoms with van der Waals surface area (Å²) in [5.41, 5.74) is 1.83. The predicted molar refractivity (Wildman–Crippen MR) is 65.7 cm³/mol. The number of benzene rings is 1. The van der Waals surface area contributed by atoms with E-state index in [-0.39, 0.29) is 11.2 Å². The first-order valence-corrected chi connectivity index (χ1v) is 5.94. The zero-order valence-electron chi connectivity index (χ0n) is 10.0. The second-order valence-corrected chi connectivity index (χ2v) is 5.04. The van der Waals surface area contributed by atoms with E-state index in [1.807, 2.05) is 31.2 Å². The minimum Gasteiger partial charge on any atom is -0.316 e. The van der Waals surface area contributed by atoms with E-state index in [1.165, 1.54) is 5.56 Å². The summed E-state index contributed by atoms with van der Waals surface area (Å²) in [4.78, 5) is 12.4. The van der Waals surface area contributed by atoms with Gasteiger partial charge in [0.25, 0.3) is 0 Å². The number of nitrogens with one attached hydrogen (secondary N) is 1. The Bertz CT molecular complexity index is 374. The maximum atomic E-state index is 12.4. The molecule has 0 aliphatic carbocycles. The molecule has 1 aliphatic heterocycles. The smallest absolute Gasteiger partial charge is 0.169 e. The van der Waals surface area contributed by atoms with Gasteiger partial charge in [0, 0.05) is 17.5 Å². The summed E-state index contributed by atoms with van der Waals surface area (Å²) >= 11 is 0. The molecule has 86 valence electrons. The van der Waals surface area contributed by atoms with E-state index in [0.717, 1.165) is 31.5 Å². The average Bonchev–Trinajstić information content (AvgIpc) is 2.30. The molecule has 1 aliphatic rings. The normalized spacial score (nSPS) is 25.4. The highest BCUT2D eigenvalue weighted by molar-refractivity contribution is 6.00. The quantitative estimate of drug-likeness (QED) is 0.771. The van der Waals surface area contributed by atoms with Crippen molar-refractivity contribution in [2.24, 2.45) is 5.41 Å². The molecule has 1 aromatic carbocycles. The molecule has 1 atom stereocenters. The molecule has 1 aromatic rings. The summed E-state index contributed by atoms with van der Waals surface area (Å²) in [7, 11) is 0. The number of ketones is 1. The van der Waals surface area contributed by atoms with E-state index in [1.54, 1.807) is 0 Å². The first-order chi connectivity index (χ1) is 7.62. The molecule has 0 saturated carbocycles. The van der Waals surface area contributed by atoms with Crippen LogP contribution in [0.4, 0.5) is 0 Å². The van der Waals surface area contributed by atoms with Crippen LogP contribution in [0.2, 0.25) is 0 Å². The predicted octanol–water partition coefficient (Wildman–Crippen LogP) is 2.57. The van der Waals surface area contributed by atoms with Crippen LogP contribution in [0, 0.1) is 12.3 Å². The summed E-state index contributed by atoms with van der Waals surface area (Å²) in [6.45, 7) is 5.95. The number of hydrogen-bond donors (Lipinski definition) is 1. The number of piperidine rings is 1. The highest BCUT2D eigenvalue weighted by atomic mass is 16.1. The van der Waals surface area contributed by atoms with Crippen LogP contribution in [0.15, 0.2) is 24.3 Å². The van der Waals surface area contributed by atoms with Gasteiger partial charge in [-0.25, -0.2) is 0 Å². The molecule has 0 radical (unpaired) electrons. The maximum absolute atomic E-state index is 12.4. The van der Waals surface area contributed by atoms with Gasteiger partial charge in [-0.3, -0.25) is 4.79 Å². The third-order valence-electron chi connectivity index (χ3n) is 3.46. The fourth-order valence-electron chi connectivity index (χ4n) is 2.30. The number of carbonyl (C=O) groups excluding carboxylic acids is 1. The van der Waals surface area contributed by atoms with Gasteiger partial charge in [-0.15, -0.1) is 0 Å². The SMILES string of the molecule is Cc1ccc(C(=O)C2(C)CCCNC2)cc1. The number of carbonyl (C=O) groups is 1. The van der Waals surface area contributed by atoms with Crippen molar-refractivity contribution in [2.75, 3.05) is 13.1 Å². The van der Waals surface area contributed by atoms with Crippen molar-refractivity contribution in [1.82, 2.24) is 5.32 Å². The van der Waals surface area contributed by atoms with Crippen molar-refractivity contribution in [3.05, 3.63) is 35.4 Å². The van der Waals surface area contributed by atoms with Crippen LogP contribution in [0.25, 0.3) is 0 Å². The largest absolute Gasteiger partial charge is 0.316 e. The Morgan fingerprint density at radius 2 is 2.00 bits per heavy atom. The van der Waals surface area contributed by atoms with Crippen LogP contribution in [-0.4, -0.2) is 18.9 Å². The Balaban J connectivity index is 2.20. The number of Topliss-reactive ketones (excluding diaryl/α,β-unsaturated/α-hetero) is 1.